The summed E-state index contributed by atoms with van der Waals surface area (Å²) in [5.74, 6) is -0.521. The van der Waals surface area contributed by atoms with Crippen LogP contribution in [0.5, 0.6) is 0 Å². The number of piperazine rings is 1. The van der Waals surface area contributed by atoms with Gasteiger partial charge in [-0.3, -0.25) is 14.5 Å². The number of anilines is 1. The highest BCUT2D eigenvalue weighted by atomic mass is 79.9. The highest BCUT2D eigenvalue weighted by molar-refractivity contribution is 9.10. The van der Waals surface area contributed by atoms with Crippen LogP contribution in [0.1, 0.15) is 5.56 Å². The Morgan fingerprint density at radius 3 is 2.29 bits per heavy atom. The van der Waals surface area contributed by atoms with Crippen molar-refractivity contribution in [3.8, 4) is 0 Å². The monoisotopic (exact) mass is 445 g/mol. The lowest BCUT2D eigenvalue weighted by Gasteiger charge is -2.33. The molecule has 0 bridgehead atoms. The average Bonchev–Trinajstić information content (AvgIpc) is 2.69. The van der Waals surface area contributed by atoms with Crippen LogP contribution in [0.4, 0.5) is 10.1 Å². The van der Waals surface area contributed by atoms with E-state index in [-0.39, 0.29) is 24.2 Å². The Balaban J connectivity index is 1.43. The third-order valence-electron chi connectivity index (χ3n) is 4.47. The molecule has 0 aliphatic carbocycles. The van der Waals surface area contributed by atoms with Gasteiger partial charge in [-0.05, 0) is 48.0 Å². The van der Waals surface area contributed by atoms with Gasteiger partial charge in [-0.15, -0.1) is 0 Å². The third-order valence-corrected chi connectivity index (χ3v) is 5.00. The molecule has 2 aromatic rings. The Labute approximate surface area is 172 Å². The first-order chi connectivity index (χ1) is 13.5. The van der Waals surface area contributed by atoms with E-state index in [9.17, 15) is 14.0 Å². The Bertz CT molecular complexity index is 845. The molecule has 2 amide bonds. The normalized spacial score (nSPS) is 15.0. The molecule has 1 N–H and O–H groups in total. The zero-order valence-corrected chi connectivity index (χ0v) is 16.9. The summed E-state index contributed by atoms with van der Waals surface area (Å²) in [6.45, 7) is 2.66. The molecule has 1 saturated heterocycles. The topological polar surface area (TPSA) is 52.7 Å². The van der Waals surface area contributed by atoms with Gasteiger partial charge in [0.25, 0.3) is 0 Å². The number of carbonyl (C=O) groups is 2. The molecule has 0 spiro atoms. The van der Waals surface area contributed by atoms with Crippen LogP contribution >= 0.6 is 15.9 Å². The molecule has 1 heterocycles. The summed E-state index contributed by atoms with van der Waals surface area (Å²) < 4.78 is 13.9. The molecule has 146 valence electrons. The summed E-state index contributed by atoms with van der Waals surface area (Å²) in [6.07, 6.45) is 3.39. The second-order valence-electron chi connectivity index (χ2n) is 6.54. The zero-order valence-electron chi connectivity index (χ0n) is 15.3. The van der Waals surface area contributed by atoms with E-state index >= 15 is 0 Å². The van der Waals surface area contributed by atoms with Crippen molar-refractivity contribution in [1.29, 1.82) is 0 Å². The van der Waals surface area contributed by atoms with E-state index in [1.807, 2.05) is 29.2 Å². The Kier molecular flexibility index (Phi) is 6.95. The highest BCUT2D eigenvalue weighted by Gasteiger charge is 2.21. The SMILES string of the molecule is O=C(CN1CCN(C(=O)/C=C/c2ccc(Br)cc2)CC1)Nc1ccc(F)cc1. The quantitative estimate of drug-likeness (QED) is 0.717. The van der Waals surface area contributed by atoms with Crippen molar-refractivity contribution in [2.75, 3.05) is 38.0 Å². The van der Waals surface area contributed by atoms with Crippen molar-refractivity contribution in [1.82, 2.24) is 9.80 Å². The third kappa shape index (κ3) is 6.00. The fourth-order valence-corrected chi connectivity index (χ4v) is 3.17. The predicted molar refractivity (Wildman–Crippen MR) is 111 cm³/mol. The molecule has 3 rings (SSSR count). The van der Waals surface area contributed by atoms with Gasteiger partial charge < -0.3 is 10.2 Å². The molecule has 0 atom stereocenters. The standard InChI is InChI=1S/C21H21BrFN3O2/c22-17-4-1-16(2-5-17)3-10-21(28)26-13-11-25(12-14-26)15-20(27)24-19-8-6-18(23)7-9-19/h1-10H,11-15H2,(H,24,27)/b10-3+. The molecule has 5 nitrogen and oxygen atoms in total. The van der Waals surface area contributed by atoms with Gasteiger partial charge in [0, 0.05) is 42.4 Å². The molecule has 1 fully saturated rings. The van der Waals surface area contributed by atoms with Gasteiger partial charge >= 0.3 is 0 Å². The number of halogens is 2. The maximum Gasteiger partial charge on any atom is 0.246 e. The van der Waals surface area contributed by atoms with Gasteiger partial charge in [-0.2, -0.15) is 0 Å². The van der Waals surface area contributed by atoms with Crippen LogP contribution in [-0.2, 0) is 9.59 Å². The molecule has 7 heteroatoms. The first-order valence-corrected chi connectivity index (χ1v) is 9.79. The summed E-state index contributed by atoms with van der Waals surface area (Å²) >= 11 is 3.38. The van der Waals surface area contributed by atoms with Crippen molar-refractivity contribution in [3.63, 3.8) is 0 Å². The lowest BCUT2D eigenvalue weighted by atomic mass is 10.2. The molecule has 1 aliphatic heterocycles. The van der Waals surface area contributed by atoms with Crippen LogP contribution in [0.2, 0.25) is 0 Å². The zero-order chi connectivity index (χ0) is 19.9. The fourth-order valence-electron chi connectivity index (χ4n) is 2.91. The van der Waals surface area contributed by atoms with Gasteiger partial charge in [0.2, 0.25) is 11.8 Å². The minimum Gasteiger partial charge on any atom is -0.337 e. The first-order valence-electron chi connectivity index (χ1n) is 9.00. The second-order valence-corrected chi connectivity index (χ2v) is 7.46. The van der Waals surface area contributed by atoms with Crippen molar-refractivity contribution < 1.29 is 14.0 Å². The van der Waals surface area contributed by atoms with E-state index in [1.165, 1.54) is 24.3 Å². The van der Waals surface area contributed by atoms with E-state index in [2.05, 4.69) is 21.2 Å². The summed E-state index contributed by atoms with van der Waals surface area (Å²) in [7, 11) is 0. The number of carbonyl (C=O) groups excluding carboxylic acids is 2. The first kappa shape index (κ1) is 20.2. The smallest absolute Gasteiger partial charge is 0.246 e. The van der Waals surface area contributed by atoms with Crippen LogP contribution in [-0.4, -0.2) is 54.3 Å². The summed E-state index contributed by atoms with van der Waals surface area (Å²) in [5.41, 5.74) is 1.53. The summed E-state index contributed by atoms with van der Waals surface area (Å²) in [6, 6.07) is 13.4. The summed E-state index contributed by atoms with van der Waals surface area (Å²) in [4.78, 5) is 28.2. The van der Waals surface area contributed by atoms with Gasteiger partial charge in [-0.1, -0.05) is 28.1 Å². The number of nitrogens with zero attached hydrogens (tertiary/aromatic N) is 2. The van der Waals surface area contributed by atoms with E-state index in [1.54, 1.807) is 17.1 Å². The van der Waals surface area contributed by atoms with Crippen LogP contribution in [0.25, 0.3) is 6.08 Å². The Morgan fingerprint density at radius 2 is 1.64 bits per heavy atom. The molecule has 0 aromatic heterocycles. The van der Waals surface area contributed by atoms with Crippen molar-refractivity contribution in [2.45, 2.75) is 0 Å². The number of hydrogen-bond donors (Lipinski definition) is 1. The predicted octanol–water partition coefficient (Wildman–Crippen LogP) is 3.38. The van der Waals surface area contributed by atoms with Gasteiger partial charge in [0.1, 0.15) is 5.82 Å². The number of hydrogen-bond acceptors (Lipinski definition) is 3. The Hall–Kier alpha value is -2.51. The van der Waals surface area contributed by atoms with E-state index < -0.39 is 0 Å². The van der Waals surface area contributed by atoms with Crippen LogP contribution in [0.15, 0.2) is 59.1 Å². The fraction of sp³-hybridized carbons (Fsp3) is 0.238. The van der Waals surface area contributed by atoms with E-state index in [0.29, 0.717) is 31.9 Å². The maximum atomic E-state index is 12.9. The van der Waals surface area contributed by atoms with Crippen LogP contribution < -0.4 is 5.32 Å². The van der Waals surface area contributed by atoms with Crippen molar-refractivity contribution >= 4 is 39.5 Å². The molecular weight excluding hydrogens is 425 g/mol. The van der Waals surface area contributed by atoms with Crippen molar-refractivity contribution in [2.24, 2.45) is 0 Å². The molecule has 1 aliphatic rings. The lowest BCUT2D eigenvalue weighted by molar-refractivity contribution is -0.127. The Morgan fingerprint density at radius 1 is 1.00 bits per heavy atom. The second kappa shape index (κ2) is 9.61. The molecule has 0 saturated carbocycles. The number of nitrogens with one attached hydrogen (secondary N) is 1. The minimum atomic E-state index is -0.340. The van der Waals surface area contributed by atoms with Crippen molar-refractivity contribution in [3.05, 3.63) is 70.5 Å². The maximum absolute atomic E-state index is 12.9. The number of amides is 2. The van der Waals surface area contributed by atoms with Crippen LogP contribution in [0.3, 0.4) is 0 Å². The average molecular weight is 446 g/mol. The van der Waals surface area contributed by atoms with E-state index in [4.69, 9.17) is 0 Å². The van der Waals surface area contributed by atoms with Gasteiger partial charge in [0.15, 0.2) is 0 Å². The van der Waals surface area contributed by atoms with Gasteiger partial charge in [-0.25, -0.2) is 4.39 Å². The molecule has 0 radical (unpaired) electrons. The lowest BCUT2D eigenvalue weighted by Crippen LogP contribution is -2.50. The molecule has 0 unspecified atom stereocenters. The van der Waals surface area contributed by atoms with Crippen LogP contribution in [0, 0.1) is 5.82 Å². The minimum absolute atomic E-state index is 0.0293. The largest absolute Gasteiger partial charge is 0.337 e. The molecular formula is C21H21BrFN3O2. The molecule has 28 heavy (non-hydrogen) atoms. The number of benzene rings is 2. The number of rotatable bonds is 5. The van der Waals surface area contributed by atoms with E-state index in [0.717, 1.165) is 10.0 Å². The van der Waals surface area contributed by atoms with Gasteiger partial charge in [0.05, 0.1) is 6.54 Å². The summed E-state index contributed by atoms with van der Waals surface area (Å²) in [5, 5.41) is 2.75. The molecule has 2 aromatic carbocycles. The highest BCUT2D eigenvalue weighted by Crippen LogP contribution is 2.12.